The van der Waals surface area contributed by atoms with Gasteiger partial charge < -0.3 is 5.73 Å². The molecule has 2 aliphatic rings. The standard InChI is InChI=1S/C11H22N2/c1-2-3-8-13(10-4-5-10)11(9-12)6-7-11/h10H,2-9,12H2,1H3. The summed E-state index contributed by atoms with van der Waals surface area (Å²) in [6.45, 7) is 4.44. The van der Waals surface area contributed by atoms with Crippen LogP contribution in [0, 0.1) is 0 Å². The van der Waals surface area contributed by atoms with E-state index < -0.39 is 0 Å². The van der Waals surface area contributed by atoms with Crippen molar-refractivity contribution in [2.45, 2.75) is 57.0 Å². The summed E-state index contributed by atoms with van der Waals surface area (Å²) in [4.78, 5) is 2.72. The Bertz CT molecular complexity index is 171. The maximum absolute atomic E-state index is 5.87. The number of nitrogens with zero attached hydrogens (tertiary/aromatic N) is 1. The minimum absolute atomic E-state index is 0.455. The first kappa shape index (κ1) is 9.47. The Morgan fingerprint density at radius 2 is 2.08 bits per heavy atom. The lowest BCUT2D eigenvalue weighted by Gasteiger charge is -2.31. The second kappa shape index (κ2) is 3.58. The molecule has 0 amide bonds. The lowest BCUT2D eigenvalue weighted by atomic mass is 10.2. The maximum atomic E-state index is 5.87. The molecule has 0 aromatic heterocycles. The molecular formula is C11H22N2. The van der Waals surface area contributed by atoms with Crippen molar-refractivity contribution in [2.24, 2.45) is 5.73 Å². The van der Waals surface area contributed by atoms with Crippen LogP contribution in [0.3, 0.4) is 0 Å². The molecule has 2 fully saturated rings. The molecule has 0 aliphatic heterocycles. The lowest BCUT2D eigenvalue weighted by molar-refractivity contribution is 0.168. The molecule has 0 unspecified atom stereocenters. The summed E-state index contributed by atoms with van der Waals surface area (Å²) >= 11 is 0. The van der Waals surface area contributed by atoms with Crippen LogP contribution in [0.15, 0.2) is 0 Å². The third kappa shape index (κ3) is 1.89. The summed E-state index contributed by atoms with van der Waals surface area (Å²) in [5.74, 6) is 0. The molecule has 0 atom stereocenters. The predicted octanol–water partition coefficient (Wildman–Crippen LogP) is 1.74. The largest absolute Gasteiger partial charge is 0.329 e. The molecule has 2 saturated carbocycles. The zero-order valence-corrected chi connectivity index (χ0v) is 8.76. The Hall–Kier alpha value is -0.0800. The van der Waals surface area contributed by atoms with E-state index in [0.29, 0.717) is 5.54 Å². The van der Waals surface area contributed by atoms with Gasteiger partial charge in [0.2, 0.25) is 0 Å². The van der Waals surface area contributed by atoms with Crippen LogP contribution in [0.25, 0.3) is 0 Å². The smallest absolute Gasteiger partial charge is 0.0336 e. The first-order chi connectivity index (χ1) is 6.32. The summed E-state index contributed by atoms with van der Waals surface area (Å²) in [5, 5.41) is 0. The second-order valence-electron chi connectivity index (χ2n) is 4.71. The van der Waals surface area contributed by atoms with Crippen molar-refractivity contribution in [3.63, 3.8) is 0 Å². The van der Waals surface area contributed by atoms with Gasteiger partial charge in [-0.05, 0) is 38.6 Å². The third-order valence-corrected chi connectivity index (χ3v) is 3.56. The van der Waals surface area contributed by atoms with E-state index in [1.165, 1.54) is 45.1 Å². The van der Waals surface area contributed by atoms with Gasteiger partial charge >= 0.3 is 0 Å². The van der Waals surface area contributed by atoms with Crippen molar-refractivity contribution in [1.29, 1.82) is 0 Å². The lowest BCUT2D eigenvalue weighted by Crippen LogP contribution is -2.44. The third-order valence-electron chi connectivity index (χ3n) is 3.56. The van der Waals surface area contributed by atoms with Gasteiger partial charge in [0.1, 0.15) is 0 Å². The van der Waals surface area contributed by atoms with Crippen LogP contribution in [-0.2, 0) is 0 Å². The quantitative estimate of drug-likeness (QED) is 0.678. The summed E-state index contributed by atoms with van der Waals surface area (Å²) in [6.07, 6.45) is 8.20. The molecular weight excluding hydrogens is 160 g/mol. The Balaban J connectivity index is 1.89. The molecule has 0 saturated heterocycles. The van der Waals surface area contributed by atoms with Crippen molar-refractivity contribution >= 4 is 0 Å². The van der Waals surface area contributed by atoms with Crippen LogP contribution in [0.5, 0.6) is 0 Å². The number of hydrogen-bond acceptors (Lipinski definition) is 2. The SMILES string of the molecule is CCCCN(C1CC1)C1(CN)CC1. The second-order valence-corrected chi connectivity index (χ2v) is 4.71. The van der Waals surface area contributed by atoms with Crippen LogP contribution in [0.4, 0.5) is 0 Å². The van der Waals surface area contributed by atoms with Gasteiger partial charge in [0.05, 0.1) is 0 Å². The fourth-order valence-corrected chi connectivity index (χ4v) is 2.27. The van der Waals surface area contributed by atoms with Gasteiger partial charge in [0.15, 0.2) is 0 Å². The van der Waals surface area contributed by atoms with Gasteiger partial charge in [0.25, 0.3) is 0 Å². The highest BCUT2D eigenvalue weighted by atomic mass is 15.3. The van der Waals surface area contributed by atoms with E-state index in [1.807, 2.05) is 0 Å². The van der Waals surface area contributed by atoms with Crippen LogP contribution >= 0.6 is 0 Å². The zero-order chi connectivity index (χ0) is 9.31. The molecule has 0 heterocycles. The fraction of sp³-hybridized carbons (Fsp3) is 1.00. The highest BCUT2D eigenvalue weighted by Crippen LogP contribution is 2.46. The first-order valence-electron chi connectivity index (χ1n) is 5.79. The van der Waals surface area contributed by atoms with Crippen molar-refractivity contribution in [1.82, 2.24) is 4.90 Å². The minimum Gasteiger partial charge on any atom is -0.329 e. The Morgan fingerprint density at radius 3 is 2.46 bits per heavy atom. The molecule has 0 spiro atoms. The molecule has 2 aliphatic carbocycles. The maximum Gasteiger partial charge on any atom is 0.0336 e. The molecule has 2 heteroatoms. The van der Waals surface area contributed by atoms with E-state index in [-0.39, 0.29) is 0 Å². The number of rotatable bonds is 6. The van der Waals surface area contributed by atoms with Gasteiger partial charge in [0, 0.05) is 18.1 Å². The summed E-state index contributed by atoms with van der Waals surface area (Å²) in [6, 6.07) is 0.901. The van der Waals surface area contributed by atoms with Gasteiger partial charge in [-0.25, -0.2) is 0 Å². The molecule has 13 heavy (non-hydrogen) atoms. The van der Waals surface area contributed by atoms with Gasteiger partial charge in [-0.2, -0.15) is 0 Å². The van der Waals surface area contributed by atoms with Crippen LogP contribution in [0.1, 0.15) is 45.4 Å². The normalized spacial score (nSPS) is 25.2. The van der Waals surface area contributed by atoms with Gasteiger partial charge in [-0.15, -0.1) is 0 Å². The van der Waals surface area contributed by atoms with Crippen LogP contribution in [-0.4, -0.2) is 29.6 Å². The Labute approximate surface area is 81.5 Å². The highest BCUT2D eigenvalue weighted by molar-refractivity contribution is 5.08. The molecule has 76 valence electrons. The highest BCUT2D eigenvalue weighted by Gasteiger charge is 2.50. The number of nitrogens with two attached hydrogens (primary N) is 1. The number of unbranched alkanes of at least 4 members (excludes halogenated alkanes) is 1. The van der Waals surface area contributed by atoms with E-state index in [4.69, 9.17) is 5.73 Å². The van der Waals surface area contributed by atoms with E-state index in [0.717, 1.165) is 12.6 Å². The number of hydrogen-bond donors (Lipinski definition) is 1. The Kier molecular flexibility index (Phi) is 2.61. The van der Waals surface area contributed by atoms with Crippen LogP contribution in [0.2, 0.25) is 0 Å². The van der Waals surface area contributed by atoms with E-state index >= 15 is 0 Å². The van der Waals surface area contributed by atoms with Crippen LogP contribution < -0.4 is 5.73 Å². The average molecular weight is 182 g/mol. The monoisotopic (exact) mass is 182 g/mol. The Morgan fingerprint density at radius 1 is 1.38 bits per heavy atom. The van der Waals surface area contributed by atoms with E-state index in [2.05, 4.69) is 11.8 Å². The summed E-state index contributed by atoms with van der Waals surface area (Å²) in [7, 11) is 0. The van der Waals surface area contributed by atoms with Crippen molar-refractivity contribution in [2.75, 3.05) is 13.1 Å². The predicted molar refractivity (Wildman–Crippen MR) is 55.7 cm³/mol. The molecule has 0 aromatic rings. The van der Waals surface area contributed by atoms with E-state index in [9.17, 15) is 0 Å². The summed E-state index contributed by atoms with van der Waals surface area (Å²) in [5.41, 5.74) is 6.32. The van der Waals surface area contributed by atoms with Crippen molar-refractivity contribution in [3.8, 4) is 0 Å². The topological polar surface area (TPSA) is 29.3 Å². The molecule has 2 N–H and O–H groups in total. The average Bonchev–Trinajstić information content (AvgIpc) is 3.01. The first-order valence-corrected chi connectivity index (χ1v) is 5.79. The van der Waals surface area contributed by atoms with Crippen molar-refractivity contribution in [3.05, 3.63) is 0 Å². The van der Waals surface area contributed by atoms with Gasteiger partial charge in [-0.1, -0.05) is 13.3 Å². The van der Waals surface area contributed by atoms with Gasteiger partial charge in [-0.3, -0.25) is 4.90 Å². The molecule has 2 nitrogen and oxygen atoms in total. The van der Waals surface area contributed by atoms with E-state index in [1.54, 1.807) is 0 Å². The summed E-state index contributed by atoms with van der Waals surface area (Å²) < 4.78 is 0. The molecule has 0 aromatic carbocycles. The molecule has 2 rings (SSSR count). The fourth-order valence-electron chi connectivity index (χ4n) is 2.27. The molecule has 0 radical (unpaired) electrons. The van der Waals surface area contributed by atoms with Crippen molar-refractivity contribution < 1.29 is 0 Å². The minimum atomic E-state index is 0.455. The zero-order valence-electron chi connectivity index (χ0n) is 8.76. The molecule has 0 bridgehead atoms.